The van der Waals surface area contributed by atoms with Gasteiger partial charge in [0.25, 0.3) is 0 Å². The number of hydrogen-bond acceptors (Lipinski definition) is 7. The van der Waals surface area contributed by atoms with Gasteiger partial charge >= 0.3 is 5.97 Å². The Morgan fingerprint density at radius 1 is 1.53 bits per heavy atom. The molecule has 0 amide bonds. The number of tetrazole rings is 1. The molecule has 2 heterocycles. The molecular weight excluding hydrogens is 334 g/mol. The Morgan fingerprint density at radius 3 is 2.84 bits per heavy atom. The summed E-state index contributed by atoms with van der Waals surface area (Å²) in [4.78, 5) is 17.6. The van der Waals surface area contributed by atoms with Crippen molar-refractivity contribution in [1.82, 2.24) is 25.2 Å². The molecule has 2 aromatic heterocycles. The van der Waals surface area contributed by atoms with Gasteiger partial charge in [0.05, 0.1) is 11.1 Å². The summed E-state index contributed by atoms with van der Waals surface area (Å²) in [5.74, 6) is 0.0358. The normalized spacial score (nSPS) is 11.6. The van der Waals surface area contributed by atoms with Crippen LogP contribution in [0.15, 0.2) is 10.1 Å². The SMILES string of the molecule is CC(C)(C)OC(=O)Cn1nnc(-c2cnc(Br)s2)n1. The molecule has 0 aromatic carbocycles. The van der Waals surface area contributed by atoms with Crippen molar-refractivity contribution in [2.45, 2.75) is 32.9 Å². The highest BCUT2D eigenvalue weighted by molar-refractivity contribution is 9.11. The monoisotopic (exact) mass is 345 g/mol. The summed E-state index contributed by atoms with van der Waals surface area (Å²) >= 11 is 4.65. The van der Waals surface area contributed by atoms with E-state index >= 15 is 0 Å². The number of esters is 1. The van der Waals surface area contributed by atoms with Crippen molar-refractivity contribution < 1.29 is 9.53 Å². The highest BCUT2D eigenvalue weighted by Crippen LogP contribution is 2.25. The summed E-state index contributed by atoms with van der Waals surface area (Å²) in [5, 5.41) is 11.8. The Balaban J connectivity index is 2.04. The fourth-order valence-corrected chi connectivity index (χ4v) is 2.45. The van der Waals surface area contributed by atoms with Crippen LogP contribution >= 0.6 is 27.3 Å². The largest absolute Gasteiger partial charge is 0.459 e. The number of aromatic nitrogens is 5. The maximum atomic E-state index is 11.6. The summed E-state index contributed by atoms with van der Waals surface area (Å²) in [6.07, 6.45) is 1.64. The molecule has 7 nitrogen and oxygen atoms in total. The van der Waals surface area contributed by atoms with Gasteiger partial charge in [0, 0.05) is 0 Å². The fraction of sp³-hybridized carbons (Fsp3) is 0.500. The molecule has 102 valence electrons. The third-order valence-electron chi connectivity index (χ3n) is 1.84. The topological polar surface area (TPSA) is 82.8 Å². The molecule has 2 rings (SSSR count). The summed E-state index contributed by atoms with van der Waals surface area (Å²) in [5.41, 5.74) is -0.525. The lowest BCUT2D eigenvalue weighted by Crippen LogP contribution is -2.27. The predicted molar refractivity (Wildman–Crippen MR) is 72.5 cm³/mol. The zero-order valence-electron chi connectivity index (χ0n) is 10.6. The van der Waals surface area contributed by atoms with Gasteiger partial charge in [-0.05, 0) is 41.9 Å². The van der Waals surface area contributed by atoms with Crippen LogP contribution in [0.1, 0.15) is 20.8 Å². The van der Waals surface area contributed by atoms with Crippen molar-refractivity contribution in [3.63, 3.8) is 0 Å². The quantitative estimate of drug-likeness (QED) is 0.790. The molecule has 19 heavy (non-hydrogen) atoms. The second-order valence-corrected chi connectivity index (χ2v) is 7.01. The lowest BCUT2D eigenvalue weighted by atomic mass is 10.2. The molecule has 0 atom stereocenters. The number of hydrogen-bond donors (Lipinski definition) is 0. The molecule has 0 saturated carbocycles. The number of nitrogens with zero attached hydrogens (tertiary/aromatic N) is 5. The minimum absolute atomic E-state index is 0.0652. The van der Waals surface area contributed by atoms with Gasteiger partial charge in [-0.15, -0.1) is 21.5 Å². The van der Waals surface area contributed by atoms with Crippen molar-refractivity contribution in [1.29, 1.82) is 0 Å². The number of carbonyl (C=O) groups excluding carboxylic acids is 1. The van der Waals surface area contributed by atoms with Gasteiger partial charge in [-0.3, -0.25) is 0 Å². The molecule has 0 aliphatic heterocycles. The first-order valence-electron chi connectivity index (χ1n) is 5.45. The van der Waals surface area contributed by atoms with Crippen molar-refractivity contribution in [3.05, 3.63) is 10.1 Å². The summed E-state index contributed by atoms with van der Waals surface area (Å²) < 4.78 is 5.92. The molecule has 0 unspecified atom stereocenters. The van der Waals surface area contributed by atoms with E-state index in [9.17, 15) is 4.79 Å². The molecule has 0 aliphatic rings. The van der Waals surface area contributed by atoms with E-state index in [1.807, 2.05) is 0 Å². The molecule has 0 fully saturated rings. The standard InChI is InChI=1S/C10H12BrN5O2S/c1-10(2,3)18-7(17)5-16-14-8(13-15-16)6-4-12-9(11)19-6/h4H,5H2,1-3H3. The Hall–Kier alpha value is -1.35. The maximum Gasteiger partial charge on any atom is 0.330 e. The van der Waals surface area contributed by atoms with Crippen LogP contribution in [0.5, 0.6) is 0 Å². The molecule has 0 aliphatic carbocycles. The molecule has 2 aromatic rings. The third kappa shape index (κ3) is 4.06. The Morgan fingerprint density at radius 2 is 2.26 bits per heavy atom. The average molecular weight is 346 g/mol. The van der Waals surface area contributed by atoms with Gasteiger partial charge in [0.1, 0.15) is 5.60 Å². The van der Waals surface area contributed by atoms with E-state index in [2.05, 4.69) is 36.3 Å². The zero-order valence-corrected chi connectivity index (χ0v) is 13.0. The van der Waals surface area contributed by atoms with E-state index in [0.717, 1.165) is 8.79 Å². The Kier molecular flexibility index (Phi) is 3.95. The second-order valence-electron chi connectivity index (χ2n) is 4.71. The number of ether oxygens (including phenoxy) is 1. The maximum absolute atomic E-state index is 11.6. The van der Waals surface area contributed by atoms with Crippen LogP contribution in [0.2, 0.25) is 0 Å². The van der Waals surface area contributed by atoms with Gasteiger partial charge in [-0.2, -0.15) is 4.80 Å². The zero-order chi connectivity index (χ0) is 14.0. The minimum Gasteiger partial charge on any atom is -0.459 e. The van der Waals surface area contributed by atoms with E-state index in [0.29, 0.717) is 5.82 Å². The van der Waals surface area contributed by atoms with Gasteiger partial charge in [-0.1, -0.05) is 0 Å². The van der Waals surface area contributed by atoms with E-state index in [1.54, 1.807) is 27.0 Å². The first-order chi connectivity index (χ1) is 8.83. The Bertz CT molecular complexity index is 589. The number of rotatable bonds is 3. The molecule has 0 radical (unpaired) electrons. The number of thiazole rings is 1. The summed E-state index contributed by atoms with van der Waals surface area (Å²) in [6.45, 7) is 5.35. The van der Waals surface area contributed by atoms with E-state index in [4.69, 9.17) is 4.74 Å². The van der Waals surface area contributed by atoms with E-state index < -0.39 is 11.6 Å². The highest BCUT2D eigenvalue weighted by atomic mass is 79.9. The number of carbonyl (C=O) groups is 1. The van der Waals surface area contributed by atoms with E-state index in [-0.39, 0.29) is 6.54 Å². The van der Waals surface area contributed by atoms with Crippen LogP contribution in [-0.4, -0.2) is 36.8 Å². The molecular formula is C10H12BrN5O2S. The van der Waals surface area contributed by atoms with Crippen LogP contribution < -0.4 is 0 Å². The average Bonchev–Trinajstić information content (AvgIpc) is 2.83. The van der Waals surface area contributed by atoms with Crippen LogP contribution in [0, 0.1) is 0 Å². The minimum atomic E-state index is -0.525. The van der Waals surface area contributed by atoms with Gasteiger partial charge in [0.15, 0.2) is 10.5 Å². The summed E-state index contributed by atoms with van der Waals surface area (Å²) in [7, 11) is 0. The fourth-order valence-electron chi connectivity index (χ4n) is 1.25. The van der Waals surface area contributed by atoms with Crippen molar-refractivity contribution in [3.8, 4) is 10.7 Å². The smallest absolute Gasteiger partial charge is 0.330 e. The summed E-state index contributed by atoms with van der Waals surface area (Å²) in [6, 6.07) is 0. The van der Waals surface area contributed by atoms with Gasteiger partial charge in [0.2, 0.25) is 5.82 Å². The van der Waals surface area contributed by atoms with Crippen molar-refractivity contribution >= 4 is 33.2 Å². The van der Waals surface area contributed by atoms with Crippen LogP contribution in [0.25, 0.3) is 10.7 Å². The lowest BCUT2D eigenvalue weighted by Gasteiger charge is -2.18. The predicted octanol–water partition coefficient (Wildman–Crippen LogP) is 1.90. The second kappa shape index (κ2) is 5.33. The van der Waals surface area contributed by atoms with Gasteiger partial charge in [-0.25, -0.2) is 9.78 Å². The van der Waals surface area contributed by atoms with Crippen LogP contribution in [-0.2, 0) is 16.1 Å². The lowest BCUT2D eigenvalue weighted by molar-refractivity contribution is -0.156. The molecule has 0 bridgehead atoms. The molecule has 0 saturated heterocycles. The van der Waals surface area contributed by atoms with Gasteiger partial charge < -0.3 is 4.74 Å². The molecule has 0 N–H and O–H groups in total. The first kappa shape index (κ1) is 14.1. The molecule has 0 spiro atoms. The first-order valence-corrected chi connectivity index (χ1v) is 7.06. The number of halogens is 1. The van der Waals surface area contributed by atoms with Crippen molar-refractivity contribution in [2.75, 3.05) is 0 Å². The van der Waals surface area contributed by atoms with Crippen LogP contribution in [0.4, 0.5) is 0 Å². The van der Waals surface area contributed by atoms with E-state index in [1.165, 1.54) is 16.1 Å². The van der Waals surface area contributed by atoms with Crippen molar-refractivity contribution in [2.24, 2.45) is 0 Å². The third-order valence-corrected chi connectivity index (χ3v) is 3.31. The molecule has 9 heteroatoms. The Labute approximate surface area is 122 Å². The van der Waals surface area contributed by atoms with Crippen LogP contribution in [0.3, 0.4) is 0 Å². The highest BCUT2D eigenvalue weighted by Gasteiger charge is 2.18.